The van der Waals surface area contributed by atoms with Gasteiger partial charge >= 0.3 is 0 Å². The molecule has 0 saturated heterocycles. The van der Waals surface area contributed by atoms with Crippen LogP contribution in [0.15, 0.2) is 40.2 Å². The molecule has 2 aromatic rings. The van der Waals surface area contributed by atoms with Crippen LogP contribution in [-0.2, 0) is 6.54 Å². The fourth-order valence-electron chi connectivity index (χ4n) is 1.92. The van der Waals surface area contributed by atoms with Crippen molar-refractivity contribution in [3.8, 4) is 0 Å². The number of hydrogen-bond acceptors (Lipinski definition) is 3. The van der Waals surface area contributed by atoms with Crippen LogP contribution in [0.3, 0.4) is 0 Å². The predicted molar refractivity (Wildman–Crippen MR) is 81.4 cm³/mol. The van der Waals surface area contributed by atoms with E-state index < -0.39 is 0 Å². The van der Waals surface area contributed by atoms with E-state index in [0.29, 0.717) is 12.1 Å². The first-order valence-electron chi connectivity index (χ1n) is 5.84. The van der Waals surface area contributed by atoms with Crippen molar-refractivity contribution in [3.63, 3.8) is 0 Å². The van der Waals surface area contributed by atoms with E-state index in [-0.39, 0.29) is 10.7 Å². The molecule has 0 aliphatic carbocycles. The van der Waals surface area contributed by atoms with Crippen LogP contribution in [0.4, 0.5) is 0 Å². The van der Waals surface area contributed by atoms with Gasteiger partial charge in [0.2, 0.25) is 0 Å². The molecule has 0 bridgehead atoms. The van der Waals surface area contributed by atoms with Crippen molar-refractivity contribution in [3.05, 3.63) is 46.2 Å². The first-order chi connectivity index (χ1) is 9.13. The van der Waals surface area contributed by atoms with Crippen molar-refractivity contribution in [1.82, 2.24) is 9.99 Å². The van der Waals surface area contributed by atoms with Gasteiger partial charge in [0.05, 0.1) is 17.3 Å². The minimum Gasteiger partial charge on any atom is -0.375 e. The first kappa shape index (κ1) is 13.2. The SMILES string of the molecule is CCn1c(=O)c(/C=N/NC(N)=S)cc2ccccc21. The zero-order valence-electron chi connectivity index (χ0n) is 10.5. The van der Waals surface area contributed by atoms with Gasteiger partial charge in [-0.25, -0.2) is 0 Å². The Bertz CT molecular complexity index is 705. The number of thiocarbonyl (C=S) groups is 1. The quantitative estimate of drug-likeness (QED) is 0.501. The minimum atomic E-state index is -0.0883. The van der Waals surface area contributed by atoms with E-state index in [0.717, 1.165) is 10.9 Å². The Kier molecular flexibility index (Phi) is 3.91. The van der Waals surface area contributed by atoms with Crippen molar-refractivity contribution in [2.45, 2.75) is 13.5 Å². The number of rotatable bonds is 3. The number of fused-ring (bicyclic) bond motifs is 1. The molecule has 3 N–H and O–H groups in total. The third kappa shape index (κ3) is 2.79. The highest BCUT2D eigenvalue weighted by atomic mass is 32.1. The Morgan fingerprint density at radius 3 is 2.95 bits per heavy atom. The van der Waals surface area contributed by atoms with E-state index in [4.69, 9.17) is 5.73 Å². The molecule has 0 saturated carbocycles. The van der Waals surface area contributed by atoms with Crippen molar-refractivity contribution in [1.29, 1.82) is 0 Å². The van der Waals surface area contributed by atoms with Crippen molar-refractivity contribution in [2.75, 3.05) is 0 Å². The lowest BCUT2D eigenvalue weighted by Crippen LogP contribution is -2.26. The topological polar surface area (TPSA) is 72.4 Å². The van der Waals surface area contributed by atoms with Gasteiger partial charge < -0.3 is 10.3 Å². The number of aryl methyl sites for hydroxylation is 1. The van der Waals surface area contributed by atoms with Gasteiger partial charge in [0.25, 0.3) is 5.56 Å². The predicted octanol–water partition coefficient (Wildman–Crippen LogP) is 1.19. The summed E-state index contributed by atoms with van der Waals surface area (Å²) >= 11 is 4.64. The normalized spacial score (nSPS) is 11.0. The molecule has 0 radical (unpaired) electrons. The fraction of sp³-hybridized carbons (Fsp3) is 0.154. The highest BCUT2D eigenvalue weighted by molar-refractivity contribution is 7.80. The molecule has 0 fully saturated rings. The number of aromatic nitrogens is 1. The minimum absolute atomic E-state index is 0.0628. The molecule has 0 atom stereocenters. The highest BCUT2D eigenvalue weighted by Gasteiger charge is 2.05. The maximum atomic E-state index is 12.3. The molecular weight excluding hydrogens is 260 g/mol. The Hall–Kier alpha value is -2.21. The van der Waals surface area contributed by atoms with E-state index in [2.05, 4.69) is 22.7 Å². The molecule has 5 nitrogen and oxygen atoms in total. The largest absolute Gasteiger partial charge is 0.375 e. The second-order valence-electron chi connectivity index (χ2n) is 3.94. The van der Waals surface area contributed by atoms with E-state index in [1.165, 1.54) is 6.21 Å². The van der Waals surface area contributed by atoms with Crippen LogP contribution in [-0.4, -0.2) is 15.9 Å². The summed E-state index contributed by atoms with van der Waals surface area (Å²) in [6, 6.07) is 9.53. The molecule has 98 valence electrons. The van der Waals surface area contributed by atoms with E-state index >= 15 is 0 Å². The third-order valence-electron chi connectivity index (χ3n) is 2.73. The van der Waals surface area contributed by atoms with Gasteiger partial charge in [-0.15, -0.1) is 0 Å². The second kappa shape index (κ2) is 5.62. The first-order valence-corrected chi connectivity index (χ1v) is 6.25. The summed E-state index contributed by atoms with van der Waals surface area (Å²) in [5.41, 5.74) is 9.02. The zero-order valence-corrected chi connectivity index (χ0v) is 11.3. The summed E-state index contributed by atoms with van der Waals surface area (Å²) in [6.45, 7) is 2.53. The molecule has 0 unspecified atom stereocenters. The Morgan fingerprint density at radius 2 is 2.26 bits per heavy atom. The van der Waals surface area contributed by atoms with E-state index in [1.807, 2.05) is 31.2 Å². The van der Waals surface area contributed by atoms with Crippen LogP contribution in [0.5, 0.6) is 0 Å². The lowest BCUT2D eigenvalue weighted by Gasteiger charge is -2.08. The van der Waals surface area contributed by atoms with Crippen LogP contribution in [0.2, 0.25) is 0 Å². The smallest absolute Gasteiger partial charge is 0.259 e. The lowest BCUT2D eigenvalue weighted by atomic mass is 10.1. The molecule has 0 aliphatic rings. The number of nitrogens with zero attached hydrogens (tertiary/aromatic N) is 2. The van der Waals surface area contributed by atoms with Gasteiger partial charge in [0, 0.05) is 6.54 Å². The number of nitrogens with one attached hydrogen (secondary N) is 1. The standard InChI is InChI=1S/C13H14N4OS/c1-2-17-11-6-4-3-5-9(11)7-10(12(17)18)8-15-16-13(14)19/h3-8H,2H2,1H3,(H3,14,16,19)/b15-8+. The lowest BCUT2D eigenvalue weighted by molar-refractivity contribution is 0.758. The zero-order chi connectivity index (χ0) is 13.8. The van der Waals surface area contributed by atoms with Crippen molar-refractivity contribution >= 4 is 34.4 Å². The third-order valence-corrected chi connectivity index (χ3v) is 2.82. The molecule has 6 heteroatoms. The summed E-state index contributed by atoms with van der Waals surface area (Å²) in [6.07, 6.45) is 1.43. The van der Waals surface area contributed by atoms with Gasteiger partial charge in [-0.2, -0.15) is 5.10 Å². The summed E-state index contributed by atoms with van der Waals surface area (Å²) in [5, 5.41) is 4.88. The molecule has 1 aromatic heterocycles. The van der Waals surface area contributed by atoms with Gasteiger partial charge in [0.1, 0.15) is 0 Å². The molecule has 19 heavy (non-hydrogen) atoms. The van der Waals surface area contributed by atoms with Crippen LogP contribution >= 0.6 is 12.2 Å². The molecule has 2 rings (SSSR count). The number of hydrogen-bond donors (Lipinski definition) is 2. The summed E-state index contributed by atoms with van der Waals surface area (Å²) in [5.74, 6) is 0. The van der Waals surface area contributed by atoms with Crippen LogP contribution in [0.1, 0.15) is 12.5 Å². The summed E-state index contributed by atoms with van der Waals surface area (Å²) in [4.78, 5) is 12.3. The summed E-state index contributed by atoms with van der Waals surface area (Å²) in [7, 11) is 0. The number of benzene rings is 1. The molecule has 0 aliphatic heterocycles. The highest BCUT2D eigenvalue weighted by Crippen LogP contribution is 2.12. The molecule has 0 spiro atoms. The van der Waals surface area contributed by atoms with Gasteiger partial charge in [-0.1, -0.05) is 18.2 Å². The van der Waals surface area contributed by atoms with Crippen molar-refractivity contribution in [2.24, 2.45) is 10.8 Å². The molecular formula is C13H14N4OS. The second-order valence-corrected chi connectivity index (χ2v) is 4.38. The van der Waals surface area contributed by atoms with Gasteiger partial charge in [-0.3, -0.25) is 10.2 Å². The Morgan fingerprint density at radius 1 is 1.53 bits per heavy atom. The van der Waals surface area contributed by atoms with E-state index in [9.17, 15) is 4.79 Å². The summed E-state index contributed by atoms with van der Waals surface area (Å²) < 4.78 is 1.71. The fourth-order valence-corrected chi connectivity index (χ4v) is 1.97. The maximum absolute atomic E-state index is 12.3. The number of nitrogens with two attached hydrogens (primary N) is 1. The molecule has 1 aromatic carbocycles. The van der Waals surface area contributed by atoms with E-state index in [1.54, 1.807) is 10.6 Å². The average molecular weight is 274 g/mol. The van der Waals surface area contributed by atoms with Crippen LogP contribution in [0, 0.1) is 0 Å². The monoisotopic (exact) mass is 274 g/mol. The van der Waals surface area contributed by atoms with Gasteiger partial charge in [-0.05, 0) is 36.7 Å². The van der Waals surface area contributed by atoms with Crippen molar-refractivity contribution < 1.29 is 0 Å². The van der Waals surface area contributed by atoms with Gasteiger partial charge in [0.15, 0.2) is 5.11 Å². The van der Waals surface area contributed by atoms with Crippen LogP contribution in [0.25, 0.3) is 10.9 Å². The Balaban J connectivity index is 2.56. The number of para-hydroxylation sites is 1. The van der Waals surface area contributed by atoms with Crippen LogP contribution < -0.4 is 16.7 Å². The molecule has 1 heterocycles. The molecule has 0 amide bonds. The maximum Gasteiger partial charge on any atom is 0.259 e. The Labute approximate surface area is 115 Å². The number of hydrazone groups is 1. The number of pyridine rings is 1. The average Bonchev–Trinajstić information content (AvgIpc) is 2.39.